The van der Waals surface area contributed by atoms with Crippen molar-refractivity contribution in [1.82, 2.24) is 19.5 Å². The van der Waals surface area contributed by atoms with Gasteiger partial charge in [-0.3, -0.25) is 0 Å². The van der Waals surface area contributed by atoms with Crippen LogP contribution in [0.1, 0.15) is 0 Å². The molecule has 5 nitrogen and oxygen atoms in total. The van der Waals surface area contributed by atoms with Crippen LogP contribution in [0.4, 0.5) is 10.2 Å². The van der Waals surface area contributed by atoms with E-state index >= 15 is 0 Å². The topological polar surface area (TPSA) is 69.6 Å². The first-order valence-electron chi connectivity index (χ1n) is 6.26. The first kappa shape index (κ1) is 12.2. The maximum absolute atomic E-state index is 13.0. The van der Waals surface area contributed by atoms with Gasteiger partial charge in [0.1, 0.15) is 32.2 Å². The fourth-order valence-corrected chi connectivity index (χ4v) is 3.27. The fourth-order valence-electron chi connectivity index (χ4n) is 2.32. The molecule has 21 heavy (non-hydrogen) atoms. The van der Waals surface area contributed by atoms with Crippen molar-refractivity contribution < 1.29 is 4.39 Å². The second-order valence-corrected chi connectivity index (χ2v) is 5.71. The molecule has 7 heteroatoms. The molecule has 0 unspecified atom stereocenters. The molecular formula is C14H10FN5S. The van der Waals surface area contributed by atoms with Gasteiger partial charge in [0.25, 0.3) is 0 Å². The number of fused-ring (bicyclic) bond motifs is 3. The van der Waals surface area contributed by atoms with Crippen LogP contribution in [0, 0.1) is 5.82 Å². The second-order valence-electron chi connectivity index (χ2n) is 4.73. The van der Waals surface area contributed by atoms with Crippen molar-refractivity contribution in [3.05, 3.63) is 36.4 Å². The van der Waals surface area contributed by atoms with E-state index in [4.69, 9.17) is 5.73 Å². The van der Waals surface area contributed by atoms with Gasteiger partial charge in [-0.1, -0.05) is 11.3 Å². The minimum atomic E-state index is -0.267. The van der Waals surface area contributed by atoms with E-state index in [9.17, 15) is 4.39 Å². The van der Waals surface area contributed by atoms with Crippen molar-refractivity contribution in [2.45, 2.75) is 0 Å². The van der Waals surface area contributed by atoms with Crippen LogP contribution in [0.5, 0.6) is 0 Å². The molecule has 0 aliphatic carbocycles. The van der Waals surface area contributed by atoms with Crippen molar-refractivity contribution >= 4 is 38.5 Å². The summed E-state index contributed by atoms with van der Waals surface area (Å²) in [6.45, 7) is 0. The first-order chi connectivity index (χ1) is 10.1. The van der Waals surface area contributed by atoms with Crippen molar-refractivity contribution in [3.63, 3.8) is 0 Å². The Hall–Kier alpha value is -2.54. The lowest BCUT2D eigenvalue weighted by molar-refractivity contribution is 0.628. The molecule has 104 valence electrons. The number of aryl methyl sites for hydroxylation is 1. The lowest BCUT2D eigenvalue weighted by Gasteiger charge is -1.97. The molecule has 0 radical (unpaired) electrons. The highest BCUT2D eigenvalue weighted by atomic mass is 32.1. The van der Waals surface area contributed by atoms with E-state index in [-0.39, 0.29) is 5.82 Å². The number of benzene rings is 1. The summed E-state index contributed by atoms with van der Waals surface area (Å²) in [6, 6.07) is 6.25. The van der Waals surface area contributed by atoms with Gasteiger partial charge >= 0.3 is 0 Å². The molecule has 2 N–H and O–H groups in total. The molecule has 4 rings (SSSR count). The fraction of sp³-hybridized carbons (Fsp3) is 0.0714. The number of nitrogens with two attached hydrogens (primary N) is 1. The lowest BCUT2D eigenvalue weighted by Crippen LogP contribution is -1.93. The molecule has 3 heterocycles. The van der Waals surface area contributed by atoms with E-state index in [1.54, 1.807) is 18.5 Å². The van der Waals surface area contributed by atoms with Gasteiger partial charge in [0, 0.05) is 12.6 Å². The molecule has 0 saturated heterocycles. The number of hydrogen-bond acceptors (Lipinski definition) is 5. The minimum Gasteiger partial charge on any atom is -0.382 e. The molecule has 4 aromatic rings. The number of thiazole rings is 1. The molecule has 1 aromatic carbocycles. The average Bonchev–Trinajstić information content (AvgIpc) is 3.04. The van der Waals surface area contributed by atoms with Gasteiger partial charge in [0.05, 0.1) is 6.33 Å². The van der Waals surface area contributed by atoms with Crippen molar-refractivity contribution in [2.75, 3.05) is 5.73 Å². The van der Waals surface area contributed by atoms with Gasteiger partial charge in [-0.15, -0.1) is 0 Å². The normalized spacial score (nSPS) is 11.5. The highest BCUT2D eigenvalue weighted by Gasteiger charge is 2.16. The van der Waals surface area contributed by atoms with Crippen LogP contribution in [-0.2, 0) is 7.05 Å². The zero-order chi connectivity index (χ0) is 14.6. The molecule has 0 saturated carbocycles. The van der Waals surface area contributed by atoms with Crippen molar-refractivity contribution in [1.29, 1.82) is 0 Å². The molecule has 3 aromatic heterocycles. The van der Waals surface area contributed by atoms with Gasteiger partial charge < -0.3 is 10.3 Å². The van der Waals surface area contributed by atoms with Crippen molar-refractivity contribution in [3.8, 4) is 10.6 Å². The monoisotopic (exact) mass is 299 g/mol. The van der Waals surface area contributed by atoms with Crippen LogP contribution in [0.15, 0.2) is 30.6 Å². The predicted molar refractivity (Wildman–Crippen MR) is 81.5 cm³/mol. The smallest absolute Gasteiger partial charge is 0.153 e. The third-order valence-corrected chi connectivity index (χ3v) is 4.32. The summed E-state index contributed by atoms with van der Waals surface area (Å²) in [5.41, 5.74) is 9.08. The number of nitrogens with zero attached hydrogens (tertiary/aromatic N) is 4. The summed E-state index contributed by atoms with van der Waals surface area (Å²) >= 11 is 1.43. The Morgan fingerprint density at radius 3 is 2.67 bits per heavy atom. The van der Waals surface area contributed by atoms with E-state index in [1.807, 2.05) is 11.6 Å². The van der Waals surface area contributed by atoms with Gasteiger partial charge in [0.2, 0.25) is 0 Å². The molecule has 0 fully saturated rings. The number of nitrogen functional groups attached to an aromatic ring is 1. The zero-order valence-corrected chi connectivity index (χ0v) is 11.9. The summed E-state index contributed by atoms with van der Waals surface area (Å²) < 4.78 is 14.9. The van der Waals surface area contributed by atoms with Crippen LogP contribution in [0.25, 0.3) is 32.0 Å². The van der Waals surface area contributed by atoms with E-state index in [0.29, 0.717) is 11.3 Å². The molecule has 0 aliphatic rings. The highest BCUT2D eigenvalue weighted by Crippen LogP contribution is 2.34. The molecule has 0 spiro atoms. The van der Waals surface area contributed by atoms with Crippen LogP contribution in [-0.4, -0.2) is 19.5 Å². The summed E-state index contributed by atoms with van der Waals surface area (Å²) in [5, 5.41) is 0.783. The maximum atomic E-state index is 13.0. The number of aromatic nitrogens is 4. The van der Waals surface area contributed by atoms with Crippen LogP contribution in [0.3, 0.4) is 0 Å². The lowest BCUT2D eigenvalue weighted by atomic mass is 10.2. The van der Waals surface area contributed by atoms with Crippen LogP contribution in [0.2, 0.25) is 0 Å². The molecule has 0 aliphatic heterocycles. The third kappa shape index (κ3) is 1.78. The van der Waals surface area contributed by atoms with E-state index in [0.717, 1.165) is 26.4 Å². The summed E-state index contributed by atoms with van der Waals surface area (Å²) in [4.78, 5) is 14.0. The number of pyridine rings is 1. The Morgan fingerprint density at radius 1 is 1.14 bits per heavy atom. The summed E-state index contributed by atoms with van der Waals surface area (Å²) in [6.07, 6.45) is 1.69. The number of hydrogen-bond donors (Lipinski definition) is 1. The van der Waals surface area contributed by atoms with E-state index in [2.05, 4.69) is 15.0 Å². The number of rotatable bonds is 1. The van der Waals surface area contributed by atoms with E-state index < -0.39 is 0 Å². The first-order valence-corrected chi connectivity index (χ1v) is 7.08. The Labute approximate surface area is 122 Å². The Bertz CT molecular complexity index is 971. The molecule has 0 atom stereocenters. The van der Waals surface area contributed by atoms with E-state index in [1.165, 1.54) is 23.5 Å². The van der Waals surface area contributed by atoms with Crippen LogP contribution >= 0.6 is 11.3 Å². The second kappa shape index (κ2) is 4.23. The number of anilines is 1. The van der Waals surface area contributed by atoms with Crippen molar-refractivity contribution in [2.24, 2.45) is 7.05 Å². The molecule has 0 amide bonds. The minimum absolute atomic E-state index is 0.267. The largest absolute Gasteiger partial charge is 0.382 e. The standard InChI is InChI=1S/C14H10FN5S/c1-20-6-17-9-11(20)10-14(19-12(9)16)21-13(18-10)7-2-4-8(15)5-3-7/h2-6H,1H3,(H2,16,19). The number of halogens is 1. The summed E-state index contributed by atoms with van der Waals surface area (Å²) in [5.74, 6) is 0.128. The average molecular weight is 299 g/mol. The maximum Gasteiger partial charge on any atom is 0.153 e. The Morgan fingerprint density at radius 2 is 1.90 bits per heavy atom. The Balaban J connectivity index is 2.03. The predicted octanol–water partition coefficient (Wildman–Crippen LogP) is 2.97. The Kier molecular flexibility index (Phi) is 2.46. The molecule has 0 bridgehead atoms. The quantitative estimate of drug-likeness (QED) is 0.586. The van der Waals surface area contributed by atoms with Gasteiger partial charge in [-0.2, -0.15) is 0 Å². The van der Waals surface area contributed by atoms with Gasteiger partial charge in [-0.05, 0) is 24.3 Å². The molecular weight excluding hydrogens is 289 g/mol. The van der Waals surface area contributed by atoms with Gasteiger partial charge in [-0.25, -0.2) is 19.3 Å². The van der Waals surface area contributed by atoms with Gasteiger partial charge in [0.15, 0.2) is 5.82 Å². The SMILES string of the molecule is Cn1cnc2c(N)nc3sc(-c4ccc(F)cc4)nc3c21. The highest BCUT2D eigenvalue weighted by molar-refractivity contribution is 7.21. The van der Waals surface area contributed by atoms with Crippen LogP contribution < -0.4 is 5.73 Å². The number of imidazole rings is 1. The summed E-state index contributed by atoms with van der Waals surface area (Å²) in [7, 11) is 1.89. The zero-order valence-electron chi connectivity index (χ0n) is 11.0. The third-order valence-electron chi connectivity index (χ3n) is 3.33.